The fourth-order valence-corrected chi connectivity index (χ4v) is 6.10. The normalized spacial score (nSPS) is 14.9. The molecule has 46 heavy (non-hydrogen) atoms. The van der Waals surface area contributed by atoms with Crippen LogP contribution in [0.2, 0.25) is 0 Å². The molecule has 1 aliphatic rings. The van der Waals surface area contributed by atoms with Gasteiger partial charge in [0.25, 0.3) is 5.91 Å². The summed E-state index contributed by atoms with van der Waals surface area (Å²) < 4.78 is 27.3. The Hall–Kier alpha value is -5.24. The van der Waals surface area contributed by atoms with Crippen LogP contribution in [0.25, 0.3) is 0 Å². The molecule has 0 radical (unpaired) electrons. The summed E-state index contributed by atoms with van der Waals surface area (Å²) in [7, 11) is -3.99. The molecule has 0 bridgehead atoms. The van der Waals surface area contributed by atoms with E-state index in [-0.39, 0.29) is 38.0 Å². The van der Waals surface area contributed by atoms with Crippen molar-refractivity contribution in [2.24, 2.45) is 0 Å². The summed E-state index contributed by atoms with van der Waals surface area (Å²) >= 11 is 0. The minimum absolute atomic E-state index is 0.0454. The summed E-state index contributed by atoms with van der Waals surface area (Å²) in [5.41, 5.74) is 3.21. The van der Waals surface area contributed by atoms with Crippen LogP contribution in [0, 0.1) is 0 Å². The number of nitrogens with one attached hydrogen (secondary N) is 4. The number of hydrogen-bond acceptors (Lipinski definition) is 7. The Morgan fingerprint density at radius 2 is 1.37 bits per heavy atom. The molecule has 1 saturated heterocycles. The Labute approximate surface area is 266 Å². The summed E-state index contributed by atoms with van der Waals surface area (Å²) in [4.78, 5) is 61.4. The van der Waals surface area contributed by atoms with Crippen molar-refractivity contribution in [3.63, 3.8) is 0 Å². The predicted molar refractivity (Wildman–Crippen MR) is 169 cm³/mol. The van der Waals surface area contributed by atoms with Gasteiger partial charge in [0.05, 0.1) is 12.1 Å². The van der Waals surface area contributed by atoms with E-state index >= 15 is 0 Å². The zero-order valence-electron chi connectivity index (χ0n) is 25.1. The first-order valence-corrected chi connectivity index (χ1v) is 15.9. The van der Waals surface area contributed by atoms with Crippen molar-refractivity contribution in [2.45, 2.75) is 44.7 Å². The second-order valence-electron chi connectivity index (χ2n) is 10.8. The average molecular weight is 650 g/mol. The lowest BCUT2D eigenvalue weighted by molar-refractivity contribution is -0.136. The maximum atomic E-state index is 13.5. The molecule has 0 aliphatic carbocycles. The fraction of sp³-hybridized carbons (Fsp3) is 0.281. The van der Waals surface area contributed by atoms with Crippen LogP contribution in [0.1, 0.15) is 29.2 Å². The molecule has 5 N–H and O–H groups in total. The highest BCUT2D eigenvalue weighted by Crippen LogP contribution is 2.21. The van der Waals surface area contributed by atoms with Crippen LogP contribution < -0.4 is 25.0 Å². The number of carbonyl (C=O) groups is 5. The molecular formula is C32H35N5O8S. The van der Waals surface area contributed by atoms with Gasteiger partial charge in [-0.3, -0.25) is 24.0 Å². The molecule has 1 fully saturated rings. The molecule has 1 aliphatic heterocycles. The molecule has 1 heterocycles. The van der Waals surface area contributed by atoms with E-state index in [1.54, 1.807) is 36.4 Å². The van der Waals surface area contributed by atoms with Gasteiger partial charge in [-0.05, 0) is 40.8 Å². The zero-order chi connectivity index (χ0) is 33.3. The van der Waals surface area contributed by atoms with Crippen LogP contribution in [0.5, 0.6) is 0 Å². The Balaban J connectivity index is 1.48. The molecule has 3 aromatic rings. The Morgan fingerprint density at radius 3 is 1.93 bits per heavy atom. The van der Waals surface area contributed by atoms with Gasteiger partial charge < -0.3 is 21.1 Å². The van der Waals surface area contributed by atoms with Crippen LogP contribution in [-0.2, 0) is 59.9 Å². The molecule has 0 saturated carbocycles. The summed E-state index contributed by atoms with van der Waals surface area (Å²) in [6.07, 6.45) is 0.605. The number of carboxylic acid groups (broad SMARTS) is 1. The molecule has 3 aromatic carbocycles. The highest BCUT2D eigenvalue weighted by Gasteiger charge is 2.34. The number of carboxylic acids is 1. The Morgan fingerprint density at radius 1 is 0.804 bits per heavy atom. The summed E-state index contributed by atoms with van der Waals surface area (Å²) in [6.45, 7) is 1.18. The molecule has 242 valence electrons. The van der Waals surface area contributed by atoms with E-state index in [2.05, 4.69) is 16.0 Å². The van der Waals surface area contributed by atoms with Gasteiger partial charge in [0.1, 0.15) is 18.6 Å². The van der Waals surface area contributed by atoms with Crippen LogP contribution in [0.15, 0.2) is 78.9 Å². The number of nitrogens with zero attached hydrogens (tertiary/aromatic N) is 1. The van der Waals surface area contributed by atoms with Crippen molar-refractivity contribution in [2.75, 3.05) is 17.4 Å². The van der Waals surface area contributed by atoms with E-state index in [0.717, 1.165) is 15.4 Å². The second-order valence-corrected chi connectivity index (χ2v) is 12.4. The largest absolute Gasteiger partial charge is 0.481 e. The van der Waals surface area contributed by atoms with Crippen LogP contribution >= 0.6 is 0 Å². The van der Waals surface area contributed by atoms with Crippen molar-refractivity contribution in [3.8, 4) is 0 Å². The van der Waals surface area contributed by atoms with Crippen molar-refractivity contribution in [1.29, 1.82) is 0 Å². The zero-order valence-corrected chi connectivity index (χ0v) is 25.9. The standard InChI is InChI=1S/C32H35N5O8S/c1-21(38)34-28(17-23-5-3-2-4-6-23)32(43)35-27(31(42)33-16-15-22-7-9-25(10-8-22)19-30(40)41)18-24-11-13-26(14-12-24)37-20-29(39)36-46(37,44)45/h2-14,27-28H,15-20H2,1H3,(H,33,42)(H,34,38)(H,35,43)(H,36,39)(H,40,41). The van der Waals surface area contributed by atoms with E-state index in [9.17, 15) is 32.4 Å². The number of aliphatic carboxylic acids is 1. The number of benzene rings is 3. The quantitative estimate of drug-likeness (QED) is 0.168. The van der Waals surface area contributed by atoms with Gasteiger partial charge in [0.2, 0.25) is 17.7 Å². The Kier molecular flexibility index (Phi) is 11.1. The molecular weight excluding hydrogens is 614 g/mol. The van der Waals surface area contributed by atoms with Gasteiger partial charge in [-0.2, -0.15) is 8.42 Å². The SMILES string of the molecule is CC(=O)NC(Cc1ccccc1)C(=O)NC(Cc1ccc(N2CC(=O)NS2(=O)=O)cc1)C(=O)NCCc1ccc(CC(=O)O)cc1. The topological polar surface area (TPSA) is 191 Å². The van der Waals surface area contributed by atoms with E-state index in [1.807, 2.05) is 35.1 Å². The first-order valence-electron chi connectivity index (χ1n) is 14.5. The number of hydrogen-bond donors (Lipinski definition) is 5. The summed E-state index contributed by atoms with van der Waals surface area (Å²) in [5.74, 6) is -3.02. The van der Waals surface area contributed by atoms with E-state index in [4.69, 9.17) is 5.11 Å². The minimum Gasteiger partial charge on any atom is -0.481 e. The van der Waals surface area contributed by atoms with Crippen LogP contribution in [0.3, 0.4) is 0 Å². The van der Waals surface area contributed by atoms with Gasteiger partial charge in [-0.15, -0.1) is 0 Å². The average Bonchev–Trinajstić information content (AvgIpc) is 3.29. The number of carbonyl (C=O) groups excluding carboxylic acids is 4. The van der Waals surface area contributed by atoms with Gasteiger partial charge >= 0.3 is 16.2 Å². The van der Waals surface area contributed by atoms with Crippen molar-refractivity contribution < 1.29 is 37.5 Å². The summed E-state index contributed by atoms with van der Waals surface area (Å²) in [5, 5.41) is 17.2. The van der Waals surface area contributed by atoms with E-state index in [1.165, 1.54) is 19.1 Å². The first kappa shape index (κ1) is 33.6. The predicted octanol–water partition coefficient (Wildman–Crippen LogP) is 0.628. The molecule has 4 rings (SSSR count). The maximum absolute atomic E-state index is 13.5. The van der Waals surface area contributed by atoms with Gasteiger partial charge in [0, 0.05) is 26.3 Å². The Bertz CT molecular complexity index is 1680. The minimum atomic E-state index is -3.99. The molecule has 13 nitrogen and oxygen atoms in total. The molecule has 2 unspecified atom stereocenters. The third kappa shape index (κ3) is 9.63. The number of anilines is 1. The molecule has 4 amide bonds. The van der Waals surface area contributed by atoms with Crippen molar-refractivity contribution in [3.05, 3.63) is 101 Å². The molecule has 14 heteroatoms. The smallest absolute Gasteiger partial charge is 0.326 e. The van der Waals surface area contributed by atoms with Crippen LogP contribution in [-0.4, -0.2) is 68.3 Å². The van der Waals surface area contributed by atoms with Crippen molar-refractivity contribution >= 4 is 45.5 Å². The monoisotopic (exact) mass is 649 g/mol. The van der Waals surface area contributed by atoms with Gasteiger partial charge in [-0.25, -0.2) is 9.03 Å². The van der Waals surface area contributed by atoms with Crippen LogP contribution in [0.4, 0.5) is 5.69 Å². The molecule has 2 atom stereocenters. The molecule has 0 spiro atoms. The highest BCUT2D eigenvalue weighted by atomic mass is 32.2. The lowest BCUT2D eigenvalue weighted by atomic mass is 10.0. The first-order chi connectivity index (χ1) is 21.9. The highest BCUT2D eigenvalue weighted by molar-refractivity contribution is 7.92. The second kappa shape index (κ2) is 15.2. The fourth-order valence-electron chi connectivity index (χ4n) is 4.95. The summed E-state index contributed by atoms with van der Waals surface area (Å²) in [6, 6.07) is 20.3. The van der Waals surface area contributed by atoms with Crippen molar-refractivity contribution in [1.82, 2.24) is 20.7 Å². The maximum Gasteiger partial charge on any atom is 0.326 e. The van der Waals surface area contributed by atoms with Gasteiger partial charge in [0.15, 0.2) is 0 Å². The molecule has 0 aromatic heterocycles. The lowest BCUT2D eigenvalue weighted by Crippen LogP contribution is -2.55. The lowest BCUT2D eigenvalue weighted by Gasteiger charge is -2.23. The third-order valence-corrected chi connectivity index (χ3v) is 8.59. The van der Waals surface area contributed by atoms with E-state index in [0.29, 0.717) is 17.5 Å². The third-order valence-electron chi connectivity index (χ3n) is 7.19. The number of amides is 4. The van der Waals surface area contributed by atoms with E-state index < -0.39 is 51.9 Å². The number of rotatable bonds is 14. The van der Waals surface area contributed by atoms with Gasteiger partial charge in [-0.1, -0.05) is 66.7 Å².